The predicted octanol–water partition coefficient (Wildman–Crippen LogP) is 14.8. The van der Waals surface area contributed by atoms with Gasteiger partial charge >= 0.3 is 0 Å². The normalized spacial score (nSPS) is 12.4. The molecule has 54 heavy (non-hydrogen) atoms. The Morgan fingerprint density at radius 3 is 1.41 bits per heavy atom. The summed E-state index contributed by atoms with van der Waals surface area (Å²) in [6.45, 7) is 0. The molecule has 0 fully saturated rings. The second kappa shape index (κ2) is 11.2. The summed E-state index contributed by atoms with van der Waals surface area (Å²) in [5.41, 5.74) is 11.9. The van der Waals surface area contributed by atoms with Crippen LogP contribution >= 0.6 is 0 Å². The van der Waals surface area contributed by atoms with Gasteiger partial charge in [0.2, 0.25) is 0 Å². The van der Waals surface area contributed by atoms with Gasteiger partial charge in [-0.3, -0.25) is 0 Å². The van der Waals surface area contributed by atoms with Crippen molar-refractivity contribution in [2.45, 2.75) is 0 Å². The molecule has 10 aromatic carbocycles. The van der Waals surface area contributed by atoms with E-state index in [2.05, 4.69) is 170 Å². The van der Waals surface area contributed by atoms with Gasteiger partial charge < -0.3 is 9.47 Å². The molecular weight excluding hydrogens is 657 g/mol. The highest BCUT2D eigenvalue weighted by Crippen LogP contribution is 2.51. The summed E-state index contributed by atoms with van der Waals surface area (Å²) in [5, 5.41) is 9.62. The Labute approximate surface area is 312 Å². The topological polar surface area (TPSA) is 18.5 Å². The van der Waals surface area contributed by atoms with Crippen molar-refractivity contribution in [3.8, 4) is 78.6 Å². The van der Waals surface area contributed by atoms with Gasteiger partial charge in [0.05, 0.1) is 0 Å². The van der Waals surface area contributed by atoms with Crippen LogP contribution < -0.4 is 9.47 Å². The van der Waals surface area contributed by atoms with Crippen LogP contribution in [0.1, 0.15) is 0 Å². The quantitative estimate of drug-likeness (QED) is 0.184. The third kappa shape index (κ3) is 4.17. The molecule has 0 unspecified atom stereocenters. The number of fused-ring (bicyclic) bond motifs is 6. The number of ether oxygens (including phenoxy) is 2. The molecule has 0 radical (unpaired) electrons. The Bertz CT molecular complexity index is 3220. The molecule has 0 bridgehead atoms. The highest BCUT2D eigenvalue weighted by molar-refractivity contribution is 6.16. The molecule has 2 aliphatic rings. The van der Waals surface area contributed by atoms with Gasteiger partial charge in [-0.2, -0.15) is 0 Å². The van der Waals surface area contributed by atoms with Crippen LogP contribution in [0.2, 0.25) is 0 Å². The number of benzene rings is 10. The highest BCUT2D eigenvalue weighted by Gasteiger charge is 2.23. The fraction of sp³-hybridized carbons (Fsp3) is 0. The number of hydrogen-bond acceptors (Lipinski definition) is 2. The summed E-state index contributed by atoms with van der Waals surface area (Å²) in [4.78, 5) is 0. The average Bonchev–Trinajstić information content (AvgIpc) is 3.23. The largest absolute Gasteiger partial charge is 0.456 e. The van der Waals surface area contributed by atoms with E-state index in [0.717, 1.165) is 45.1 Å². The van der Waals surface area contributed by atoms with E-state index >= 15 is 0 Å². The molecule has 0 saturated carbocycles. The summed E-state index contributed by atoms with van der Waals surface area (Å²) in [5.74, 6) is 3.61. The summed E-state index contributed by atoms with van der Waals surface area (Å²) in [7, 11) is 0. The molecule has 0 amide bonds. The molecule has 250 valence electrons. The molecule has 0 aliphatic carbocycles. The summed E-state index contributed by atoms with van der Waals surface area (Å²) in [6.07, 6.45) is 0. The Morgan fingerprint density at radius 2 is 0.667 bits per heavy atom. The first-order valence-electron chi connectivity index (χ1n) is 18.5. The Kier molecular flexibility index (Phi) is 6.09. The van der Waals surface area contributed by atoms with Gasteiger partial charge in [-0.15, -0.1) is 0 Å². The molecule has 10 aromatic rings. The fourth-order valence-electron chi connectivity index (χ4n) is 9.12. The van der Waals surface area contributed by atoms with Gasteiger partial charge in [0.1, 0.15) is 23.0 Å². The van der Waals surface area contributed by atoms with E-state index in [9.17, 15) is 0 Å². The average molecular weight is 687 g/mol. The van der Waals surface area contributed by atoms with Crippen LogP contribution in [-0.2, 0) is 0 Å². The monoisotopic (exact) mass is 686 g/mol. The molecule has 0 spiro atoms. The van der Waals surface area contributed by atoms with Crippen molar-refractivity contribution < 1.29 is 9.47 Å². The van der Waals surface area contributed by atoms with E-state index in [1.54, 1.807) is 0 Å². The molecule has 2 aliphatic heterocycles. The van der Waals surface area contributed by atoms with Crippen LogP contribution in [0, 0.1) is 0 Å². The molecular formula is C52H30O2. The van der Waals surface area contributed by atoms with E-state index in [1.165, 1.54) is 76.6 Å². The van der Waals surface area contributed by atoms with Crippen molar-refractivity contribution in [2.75, 3.05) is 0 Å². The number of hydrogen-bond donors (Lipinski definition) is 0. The lowest BCUT2D eigenvalue weighted by Gasteiger charge is -2.23. The van der Waals surface area contributed by atoms with Crippen molar-refractivity contribution in [3.05, 3.63) is 182 Å². The van der Waals surface area contributed by atoms with Crippen molar-refractivity contribution in [1.29, 1.82) is 0 Å². The Hall–Kier alpha value is -7.16. The zero-order chi connectivity index (χ0) is 35.3. The van der Waals surface area contributed by atoms with Gasteiger partial charge in [0.25, 0.3) is 0 Å². The van der Waals surface area contributed by atoms with E-state index in [1.807, 2.05) is 12.1 Å². The van der Waals surface area contributed by atoms with E-state index in [0.29, 0.717) is 0 Å². The van der Waals surface area contributed by atoms with E-state index < -0.39 is 0 Å². The minimum absolute atomic E-state index is 0.892. The second-order valence-electron chi connectivity index (χ2n) is 14.3. The summed E-state index contributed by atoms with van der Waals surface area (Å²) >= 11 is 0. The van der Waals surface area contributed by atoms with Crippen molar-refractivity contribution in [1.82, 2.24) is 0 Å². The Morgan fingerprint density at radius 1 is 0.241 bits per heavy atom. The molecule has 0 saturated heterocycles. The molecule has 2 heterocycles. The van der Waals surface area contributed by atoms with Crippen molar-refractivity contribution in [3.63, 3.8) is 0 Å². The van der Waals surface area contributed by atoms with Gasteiger partial charge in [-0.25, -0.2) is 0 Å². The fourth-order valence-corrected chi connectivity index (χ4v) is 9.12. The van der Waals surface area contributed by atoms with Gasteiger partial charge in [0.15, 0.2) is 0 Å². The minimum Gasteiger partial charge on any atom is -0.456 e. The van der Waals surface area contributed by atoms with Crippen molar-refractivity contribution in [2.24, 2.45) is 0 Å². The zero-order valence-electron chi connectivity index (χ0n) is 29.1. The van der Waals surface area contributed by atoms with Gasteiger partial charge in [-0.1, -0.05) is 152 Å². The van der Waals surface area contributed by atoms with Crippen LogP contribution in [0.15, 0.2) is 182 Å². The molecule has 0 N–H and O–H groups in total. The SMILES string of the molecule is c1ccc2c(c1)Oc1cccc3c(-c4cccc5c(-c6cccc7c(-c8ccc9c(c8)Oc8cccc%10cccc-9c8%10)cccc67)cccc45)ccc-2c13. The third-order valence-corrected chi connectivity index (χ3v) is 11.5. The Balaban J connectivity index is 1.00. The maximum Gasteiger partial charge on any atom is 0.135 e. The van der Waals surface area contributed by atoms with Gasteiger partial charge in [-0.05, 0) is 107 Å². The minimum atomic E-state index is 0.892. The lowest BCUT2D eigenvalue weighted by Crippen LogP contribution is -1.97. The first-order valence-corrected chi connectivity index (χ1v) is 18.5. The first kappa shape index (κ1) is 29.4. The molecule has 2 nitrogen and oxygen atoms in total. The van der Waals surface area contributed by atoms with Crippen LogP contribution in [0.3, 0.4) is 0 Å². The lowest BCUT2D eigenvalue weighted by atomic mass is 9.86. The maximum absolute atomic E-state index is 6.57. The molecule has 2 heteroatoms. The van der Waals surface area contributed by atoms with Crippen LogP contribution in [-0.4, -0.2) is 0 Å². The molecule has 0 atom stereocenters. The highest BCUT2D eigenvalue weighted by atomic mass is 16.5. The standard InChI is InChI=1S/C52H30O2/c1-2-23-47-42(12-1)46-29-28-41(44-22-9-25-49(53-47)52(44)46)40-20-8-18-38-37(17-7-19-39(38)40)36-16-6-14-34-33(13-5-15-35(34)36)32-26-27-43-45-21-3-10-31-11-4-24-48(51(31)45)54-50(43)30-32/h1-30H. The number of para-hydroxylation sites is 1. The third-order valence-electron chi connectivity index (χ3n) is 11.5. The van der Waals surface area contributed by atoms with Crippen LogP contribution in [0.4, 0.5) is 0 Å². The summed E-state index contributed by atoms with van der Waals surface area (Å²) in [6, 6.07) is 65.6. The lowest BCUT2D eigenvalue weighted by molar-refractivity contribution is 0.487. The van der Waals surface area contributed by atoms with Crippen molar-refractivity contribution >= 4 is 43.1 Å². The molecule has 0 aromatic heterocycles. The maximum atomic E-state index is 6.57. The summed E-state index contributed by atoms with van der Waals surface area (Å²) < 4.78 is 13.0. The van der Waals surface area contributed by atoms with E-state index in [4.69, 9.17) is 9.47 Å². The van der Waals surface area contributed by atoms with Gasteiger partial charge in [0, 0.05) is 21.9 Å². The van der Waals surface area contributed by atoms with Crippen LogP contribution in [0.25, 0.3) is 98.7 Å². The second-order valence-corrected chi connectivity index (χ2v) is 14.3. The van der Waals surface area contributed by atoms with E-state index in [-0.39, 0.29) is 0 Å². The zero-order valence-corrected chi connectivity index (χ0v) is 29.1. The number of rotatable bonds is 3. The smallest absolute Gasteiger partial charge is 0.135 e. The molecule has 12 rings (SSSR count). The first-order chi connectivity index (χ1) is 26.8. The predicted molar refractivity (Wildman–Crippen MR) is 224 cm³/mol. The van der Waals surface area contributed by atoms with Crippen LogP contribution in [0.5, 0.6) is 23.0 Å².